The third-order valence-corrected chi connectivity index (χ3v) is 3.33. The Hall–Kier alpha value is -2.39. The van der Waals surface area contributed by atoms with Gasteiger partial charge in [0.2, 0.25) is 0 Å². The van der Waals surface area contributed by atoms with Crippen LogP contribution in [-0.2, 0) is 0 Å². The predicted molar refractivity (Wildman–Crippen MR) is 82.8 cm³/mol. The second kappa shape index (κ2) is 5.31. The SMILES string of the molecule is Cc1ccc(NN=C2c3ccccc3C=CC2O)cc1. The smallest absolute Gasteiger partial charge is 0.117 e. The number of hydrazone groups is 1. The van der Waals surface area contributed by atoms with E-state index in [0.29, 0.717) is 5.71 Å². The largest absolute Gasteiger partial charge is 0.383 e. The van der Waals surface area contributed by atoms with E-state index in [1.54, 1.807) is 6.08 Å². The average molecular weight is 264 g/mol. The lowest BCUT2D eigenvalue weighted by molar-refractivity contribution is 0.289. The van der Waals surface area contributed by atoms with Crippen LogP contribution in [0.3, 0.4) is 0 Å². The van der Waals surface area contributed by atoms with Crippen LogP contribution in [0.5, 0.6) is 0 Å². The number of aliphatic hydroxyl groups is 1. The second-order valence-corrected chi connectivity index (χ2v) is 4.87. The summed E-state index contributed by atoms with van der Waals surface area (Å²) in [6.07, 6.45) is 2.99. The zero-order chi connectivity index (χ0) is 13.9. The molecule has 0 saturated heterocycles. The minimum absolute atomic E-state index is 0.642. The van der Waals surface area contributed by atoms with E-state index in [2.05, 4.69) is 10.5 Å². The number of rotatable bonds is 2. The van der Waals surface area contributed by atoms with Gasteiger partial charge in [-0.1, -0.05) is 48.0 Å². The molecular weight excluding hydrogens is 248 g/mol. The van der Waals surface area contributed by atoms with Gasteiger partial charge in [0, 0.05) is 5.56 Å². The van der Waals surface area contributed by atoms with Gasteiger partial charge in [-0.25, -0.2) is 0 Å². The topological polar surface area (TPSA) is 44.6 Å². The molecule has 3 heteroatoms. The van der Waals surface area contributed by atoms with Gasteiger partial charge in [-0.15, -0.1) is 0 Å². The molecule has 1 aliphatic rings. The van der Waals surface area contributed by atoms with Crippen molar-refractivity contribution < 1.29 is 5.11 Å². The lowest BCUT2D eigenvalue weighted by Crippen LogP contribution is -2.24. The molecule has 0 aliphatic heterocycles. The van der Waals surface area contributed by atoms with E-state index in [4.69, 9.17) is 0 Å². The molecule has 0 amide bonds. The summed E-state index contributed by atoms with van der Waals surface area (Å²) >= 11 is 0. The quantitative estimate of drug-likeness (QED) is 0.818. The highest BCUT2D eigenvalue weighted by atomic mass is 16.3. The van der Waals surface area contributed by atoms with E-state index in [1.165, 1.54) is 5.56 Å². The van der Waals surface area contributed by atoms with E-state index in [9.17, 15) is 5.11 Å². The van der Waals surface area contributed by atoms with Gasteiger partial charge in [-0.05, 0) is 30.7 Å². The van der Waals surface area contributed by atoms with Gasteiger partial charge in [0.1, 0.15) is 11.8 Å². The average Bonchev–Trinajstić information content (AvgIpc) is 2.48. The Labute approximate surface area is 118 Å². The van der Waals surface area contributed by atoms with Gasteiger partial charge in [0.25, 0.3) is 0 Å². The van der Waals surface area contributed by atoms with Gasteiger partial charge in [0.15, 0.2) is 0 Å². The summed E-state index contributed by atoms with van der Waals surface area (Å²) in [4.78, 5) is 0. The first-order valence-corrected chi connectivity index (χ1v) is 6.60. The molecule has 0 radical (unpaired) electrons. The molecule has 3 rings (SSSR count). The number of aryl methyl sites for hydroxylation is 1. The Morgan fingerprint density at radius 2 is 1.80 bits per heavy atom. The van der Waals surface area contributed by atoms with E-state index < -0.39 is 6.10 Å². The Balaban J connectivity index is 1.90. The summed E-state index contributed by atoms with van der Waals surface area (Å²) in [5.41, 5.74) is 7.79. The lowest BCUT2D eigenvalue weighted by atomic mass is 9.94. The Morgan fingerprint density at radius 1 is 1.05 bits per heavy atom. The van der Waals surface area contributed by atoms with Crippen molar-refractivity contribution in [1.29, 1.82) is 0 Å². The first-order chi connectivity index (χ1) is 9.74. The Kier molecular flexibility index (Phi) is 3.35. The van der Waals surface area contributed by atoms with Crippen LogP contribution in [0.25, 0.3) is 6.08 Å². The molecule has 0 spiro atoms. The van der Waals surface area contributed by atoms with Crippen molar-refractivity contribution in [3.63, 3.8) is 0 Å². The summed E-state index contributed by atoms with van der Waals surface area (Å²) in [5.74, 6) is 0. The molecule has 2 aromatic carbocycles. The molecule has 0 heterocycles. The molecule has 0 fully saturated rings. The van der Waals surface area contributed by atoms with Gasteiger partial charge >= 0.3 is 0 Å². The highest BCUT2D eigenvalue weighted by Gasteiger charge is 2.18. The van der Waals surface area contributed by atoms with E-state index >= 15 is 0 Å². The number of hydrogen-bond donors (Lipinski definition) is 2. The number of anilines is 1. The molecule has 20 heavy (non-hydrogen) atoms. The maximum Gasteiger partial charge on any atom is 0.117 e. The molecule has 1 unspecified atom stereocenters. The number of nitrogens with zero attached hydrogens (tertiary/aromatic N) is 1. The number of hydrogen-bond acceptors (Lipinski definition) is 3. The van der Waals surface area contributed by atoms with Crippen LogP contribution in [0.15, 0.2) is 59.7 Å². The molecule has 0 saturated carbocycles. The molecule has 2 aromatic rings. The van der Waals surface area contributed by atoms with Crippen molar-refractivity contribution in [2.24, 2.45) is 5.10 Å². The van der Waals surface area contributed by atoms with E-state index in [0.717, 1.165) is 16.8 Å². The van der Waals surface area contributed by atoms with Crippen molar-refractivity contribution in [2.75, 3.05) is 5.43 Å². The van der Waals surface area contributed by atoms with Crippen molar-refractivity contribution in [2.45, 2.75) is 13.0 Å². The first kappa shape index (κ1) is 12.6. The summed E-state index contributed by atoms with van der Waals surface area (Å²) in [6, 6.07) is 15.9. The zero-order valence-corrected chi connectivity index (χ0v) is 11.2. The van der Waals surface area contributed by atoms with Gasteiger partial charge in [0.05, 0.1) is 5.69 Å². The monoisotopic (exact) mass is 264 g/mol. The molecule has 2 N–H and O–H groups in total. The van der Waals surface area contributed by atoms with Gasteiger partial charge < -0.3 is 5.11 Å². The van der Waals surface area contributed by atoms with E-state index in [-0.39, 0.29) is 0 Å². The molecule has 0 bridgehead atoms. The molecule has 100 valence electrons. The van der Waals surface area contributed by atoms with Crippen LogP contribution >= 0.6 is 0 Å². The van der Waals surface area contributed by atoms with Crippen molar-refractivity contribution in [3.8, 4) is 0 Å². The van der Waals surface area contributed by atoms with Crippen LogP contribution in [0.1, 0.15) is 16.7 Å². The molecule has 0 aromatic heterocycles. The van der Waals surface area contributed by atoms with E-state index in [1.807, 2.05) is 61.5 Å². The number of nitrogens with one attached hydrogen (secondary N) is 1. The normalized spacial score (nSPS) is 18.9. The van der Waals surface area contributed by atoms with Crippen LogP contribution in [0, 0.1) is 6.92 Å². The first-order valence-electron chi connectivity index (χ1n) is 6.60. The van der Waals surface area contributed by atoms with Crippen LogP contribution < -0.4 is 5.43 Å². The predicted octanol–water partition coefficient (Wildman–Crippen LogP) is 3.20. The highest BCUT2D eigenvalue weighted by molar-refractivity contribution is 6.09. The number of aliphatic hydroxyl groups excluding tert-OH is 1. The van der Waals surface area contributed by atoms with Crippen LogP contribution in [-0.4, -0.2) is 16.9 Å². The van der Waals surface area contributed by atoms with Crippen LogP contribution in [0.4, 0.5) is 5.69 Å². The fourth-order valence-corrected chi connectivity index (χ4v) is 2.20. The molecular formula is C17H16N2O. The zero-order valence-electron chi connectivity index (χ0n) is 11.2. The molecule has 3 nitrogen and oxygen atoms in total. The Morgan fingerprint density at radius 3 is 2.60 bits per heavy atom. The summed E-state index contributed by atoms with van der Waals surface area (Å²) in [7, 11) is 0. The number of benzene rings is 2. The van der Waals surface area contributed by atoms with Crippen molar-refractivity contribution in [3.05, 3.63) is 71.3 Å². The fourth-order valence-electron chi connectivity index (χ4n) is 2.20. The van der Waals surface area contributed by atoms with Crippen molar-refractivity contribution in [1.82, 2.24) is 0 Å². The standard InChI is InChI=1S/C17H16N2O/c1-12-6-9-14(10-7-12)18-19-17-15-5-3-2-4-13(15)8-11-16(17)20/h2-11,16,18,20H,1H3. The summed E-state index contributed by atoms with van der Waals surface area (Å²) in [6.45, 7) is 2.04. The minimum Gasteiger partial charge on any atom is -0.383 e. The fraction of sp³-hybridized carbons (Fsp3) is 0.118. The van der Waals surface area contributed by atoms with Gasteiger partial charge in [-0.2, -0.15) is 5.10 Å². The second-order valence-electron chi connectivity index (χ2n) is 4.87. The third-order valence-electron chi connectivity index (χ3n) is 3.33. The highest BCUT2D eigenvalue weighted by Crippen LogP contribution is 2.20. The van der Waals surface area contributed by atoms with Crippen LogP contribution in [0.2, 0.25) is 0 Å². The maximum absolute atomic E-state index is 10.1. The summed E-state index contributed by atoms with van der Waals surface area (Å²) < 4.78 is 0. The minimum atomic E-state index is -0.678. The molecule has 1 aliphatic carbocycles. The number of fused-ring (bicyclic) bond motifs is 1. The van der Waals surface area contributed by atoms with Gasteiger partial charge in [-0.3, -0.25) is 5.43 Å². The third kappa shape index (κ3) is 2.49. The maximum atomic E-state index is 10.1. The van der Waals surface area contributed by atoms with Crippen molar-refractivity contribution >= 4 is 17.5 Å². The molecule has 1 atom stereocenters. The lowest BCUT2D eigenvalue weighted by Gasteiger charge is -2.17. The summed E-state index contributed by atoms with van der Waals surface area (Å²) in [5, 5.41) is 14.5. The Bertz CT molecular complexity index is 672.